The van der Waals surface area contributed by atoms with Crippen LogP contribution in [0.5, 0.6) is 11.5 Å². The van der Waals surface area contributed by atoms with Gasteiger partial charge in [-0.2, -0.15) is 13.2 Å². The molecule has 0 aromatic heterocycles. The van der Waals surface area contributed by atoms with Gasteiger partial charge in [0.2, 0.25) is 0 Å². The molecule has 1 aromatic rings. The molecule has 0 saturated carbocycles. The van der Waals surface area contributed by atoms with Crippen molar-refractivity contribution in [3.05, 3.63) is 23.3 Å². The van der Waals surface area contributed by atoms with E-state index >= 15 is 0 Å². The average molecular weight is 289 g/mol. The van der Waals surface area contributed by atoms with Gasteiger partial charge in [0.05, 0.1) is 12.7 Å². The summed E-state index contributed by atoms with van der Waals surface area (Å²) in [7, 11) is 1.33. The number of nitrogens with one attached hydrogen (secondary N) is 1. The summed E-state index contributed by atoms with van der Waals surface area (Å²) in [5, 5.41) is 13.2. The molecule has 1 aliphatic heterocycles. The number of hydrogen-bond donors (Lipinski definition) is 2. The Morgan fingerprint density at radius 2 is 1.95 bits per heavy atom. The monoisotopic (exact) mass is 289 g/mol. The van der Waals surface area contributed by atoms with Crippen LogP contribution in [0.4, 0.5) is 13.2 Å². The number of benzene rings is 1. The summed E-state index contributed by atoms with van der Waals surface area (Å²) in [4.78, 5) is 0. The van der Waals surface area contributed by atoms with Gasteiger partial charge in [0.15, 0.2) is 11.5 Å². The van der Waals surface area contributed by atoms with E-state index in [1.165, 1.54) is 7.11 Å². The average Bonchev–Trinajstić information content (AvgIpc) is 2.41. The molecule has 0 bridgehead atoms. The Labute approximate surface area is 115 Å². The van der Waals surface area contributed by atoms with Crippen LogP contribution in [-0.4, -0.2) is 25.3 Å². The molecule has 0 radical (unpaired) electrons. The molecule has 0 spiro atoms. The lowest BCUT2D eigenvalue weighted by atomic mass is 9.88. The van der Waals surface area contributed by atoms with Gasteiger partial charge in [-0.1, -0.05) is 0 Å². The molecule has 0 unspecified atom stereocenters. The van der Waals surface area contributed by atoms with Crippen LogP contribution in [0.2, 0.25) is 0 Å². The Morgan fingerprint density at radius 1 is 1.30 bits per heavy atom. The van der Waals surface area contributed by atoms with Gasteiger partial charge in [-0.25, -0.2) is 0 Å². The minimum absolute atomic E-state index is 0.0521. The number of rotatable bonds is 3. The zero-order valence-electron chi connectivity index (χ0n) is 11.3. The summed E-state index contributed by atoms with van der Waals surface area (Å²) in [6.45, 7) is 1.60. The number of halogens is 3. The van der Waals surface area contributed by atoms with E-state index < -0.39 is 11.7 Å². The van der Waals surface area contributed by atoms with Crippen LogP contribution in [0.3, 0.4) is 0 Å². The van der Waals surface area contributed by atoms with Crippen molar-refractivity contribution in [2.24, 2.45) is 5.92 Å². The first-order valence-corrected chi connectivity index (χ1v) is 6.60. The molecule has 1 saturated heterocycles. The summed E-state index contributed by atoms with van der Waals surface area (Å²) in [6.07, 6.45) is -2.62. The highest BCUT2D eigenvalue weighted by molar-refractivity contribution is 5.51. The number of phenols is 1. The lowest BCUT2D eigenvalue weighted by Gasteiger charge is -2.25. The highest BCUT2D eigenvalue weighted by Gasteiger charge is 2.36. The quantitative estimate of drug-likeness (QED) is 0.899. The number of methoxy groups -OCH3 is 1. The number of phenolic OH excluding ortho intramolecular Hbond substituents is 1. The van der Waals surface area contributed by atoms with Crippen LogP contribution in [0.1, 0.15) is 24.0 Å². The topological polar surface area (TPSA) is 41.5 Å². The SMILES string of the molecule is COc1ccc(C(F)(F)F)c(CC2CCNCC2)c1O. The van der Waals surface area contributed by atoms with E-state index in [-0.39, 0.29) is 29.4 Å². The fourth-order valence-electron chi connectivity index (χ4n) is 2.63. The summed E-state index contributed by atoms with van der Waals surface area (Å²) >= 11 is 0. The predicted octanol–water partition coefficient (Wildman–Crippen LogP) is 2.96. The number of ether oxygens (including phenoxy) is 1. The second-order valence-electron chi connectivity index (χ2n) is 5.04. The molecule has 3 nitrogen and oxygen atoms in total. The second kappa shape index (κ2) is 5.91. The fourth-order valence-corrected chi connectivity index (χ4v) is 2.63. The van der Waals surface area contributed by atoms with Crippen molar-refractivity contribution in [1.29, 1.82) is 0 Å². The van der Waals surface area contributed by atoms with E-state index in [1.807, 2.05) is 0 Å². The number of hydrogen-bond acceptors (Lipinski definition) is 3. The number of piperidine rings is 1. The molecule has 1 heterocycles. The third-order valence-electron chi connectivity index (χ3n) is 3.72. The van der Waals surface area contributed by atoms with E-state index in [0.29, 0.717) is 0 Å². The maximum absolute atomic E-state index is 13.1. The Morgan fingerprint density at radius 3 is 2.50 bits per heavy atom. The predicted molar refractivity (Wildman–Crippen MR) is 69.0 cm³/mol. The first kappa shape index (κ1) is 15.0. The van der Waals surface area contributed by atoms with Crippen molar-refractivity contribution < 1.29 is 23.0 Å². The van der Waals surface area contributed by atoms with Crippen molar-refractivity contribution in [2.75, 3.05) is 20.2 Å². The van der Waals surface area contributed by atoms with E-state index in [4.69, 9.17) is 4.74 Å². The number of aromatic hydroxyl groups is 1. The molecule has 0 aliphatic carbocycles. The Hall–Kier alpha value is -1.43. The summed E-state index contributed by atoms with van der Waals surface area (Å²) in [5.74, 6) is -0.154. The van der Waals surface area contributed by atoms with Crippen LogP contribution in [0.15, 0.2) is 12.1 Å². The fraction of sp³-hybridized carbons (Fsp3) is 0.571. The molecule has 1 aromatic carbocycles. The minimum atomic E-state index is -4.47. The Balaban J connectivity index is 2.36. The normalized spacial score (nSPS) is 17.2. The van der Waals surface area contributed by atoms with E-state index in [2.05, 4.69) is 5.32 Å². The van der Waals surface area contributed by atoms with Crippen LogP contribution >= 0.6 is 0 Å². The molecular weight excluding hydrogens is 271 g/mol. The highest BCUT2D eigenvalue weighted by atomic mass is 19.4. The van der Waals surface area contributed by atoms with Crippen molar-refractivity contribution >= 4 is 0 Å². The van der Waals surface area contributed by atoms with Crippen molar-refractivity contribution in [3.8, 4) is 11.5 Å². The van der Waals surface area contributed by atoms with Gasteiger partial charge in [0.25, 0.3) is 0 Å². The molecule has 6 heteroatoms. The molecule has 2 rings (SSSR count). The summed E-state index contributed by atoms with van der Waals surface area (Å²) < 4.78 is 44.1. The van der Waals surface area contributed by atoms with E-state index in [9.17, 15) is 18.3 Å². The third-order valence-corrected chi connectivity index (χ3v) is 3.72. The molecule has 112 valence electrons. The highest BCUT2D eigenvalue weighted by Crippen LogP contribution is 2.41. The largest absolute Gasteiger partial charge is 0.504 e. The van der Waals surface area contributed by atoms with Gasteiger partial charge in [-0.3, -0.25) is 0 Å². The molecular formula is C14H18F3NO2. The Bertz CT molecular complexity index is 468. The smallest absolute Gasteiger partial charge is 0.416 e. The Kier molecular flexibility index (Phi) is 4.42. The van der Waals surface area contributed by atoms with Gasteiger partial charge < -0.3 is 15.2 Å². The second-order valence-corrected chi connectivity index (χ2v) is 5.04. The maximum atomic E-state index is 13.1. The van der Waals surface area contributed by atoms with Crippen LogP contribution in [0.25, 0.3) is 0 Å². The van der Waals surface area contributed by atoms with Crippen LogP contribution < -0.4 is 10.1 Å². The first-order chi connectivity index (χ1) is 9.43. The van der Waals surface area contributed by atoms with Gasteiger partial charge >= 0.3 is 6.18 Å². The summed E-state index contributed by atoms with van der Waals surface area (Å²) in [6, 6.07) is 2.14. The molecule has 1 fully saturated rings. The summed E-state index contributed by atoms with van der Waals surface area (Å²) in [5.41, 5.74) is -0.821. The lowest BCUT2D eigenvalue weighted by molar-refractivity contribution is -0.138. The van der Waals surface area contributed by atoms with Crippen molar-refractivity contribution in [2.45, 2.75) is 25.4 Å². The molecule has 1 aliphatic rings. The molecule has 0 atom stereocenters. The van der Waals surface area contributed by atoms with Gasteiger partial charge in [-0.15, -0.1) is 0 Å². The maximum Gasteiger partial charge on any atom is 0.416 e. The minimum Gasteiger partial charge on any atom is -0.504 e. The van der Waals surface area contributed by atoms with Crippen molar-refractivity contribution in [3.63, 3.8) is 0 Å². The van der Waals surface area contributed by atoms with Crippen LogP contribution in [0, 0.1) is 5.92 Å². The molecule has 20 heavy (non-hydrogen) atoms. The zero-order chi connectivity index (χ0) is 14.8. The standard InChI is InChI=1S/C14H18F3NO2/c1-20-12-3-2-11(14(15,16)17)10(13(12)19)8-9-4-6-18-7-5-9/h2-3,9,18-19H,4-8H2,1H3. The first-order valence-electron chi connectivity index (χ1n) is 6.60. The van der Waals surface area contributed by atoms with E-state index in [0.717, 1.165) is 38.1 Å². The van der Waals surface area contributed by atoms with Gasteiger partial charge in [0, 0.05) is 5.56 Å². The van der Waals surface area contributed by atoms with Gasteiger partial charge in [0.1, 0.15) is 0 Å². The van der Waals surface area contributed by atoms with Crippen LogP contribution in [-0.2, 0) is 12.6 Å². The lowest BCUT2D eigenvalue weighted by Crippen LogP contribution is -2.29. The van der Waals surface area contributed by atoms with E-state index in [1.54, 1.807) is 0 Å². The van der Waals surface area contributed by atoms with Gasteiger partial charge in [-0.05, 0) is 50.4 Å². The molecule has 2 N–H and O–H groups in total. The molecule has 0 amide bonds. The third kappa shape index (κ3) is 3.17. The zero-order valence-corrected chi connectivity index (χ0v) is 11.3. The number of alkyl halides is 3. The van der Waals surface area contributed by atoms with Crippen molar-refractivity contribution in [1.82, 2.24) is 5.32 Å².